The van der Waals surface area contributed by atoms with E-state index in [-0.39, 0.29) is 17.4 Å². The van der Waals surface area contributed by atoms with Crippen LogP contribution in [0.5, 0.6) is 0 Å². The Morgan fingerprint density at radius 3 is 2.36 bits per heavy atom. The summed E-state index contributed by atoms with van der Waals surface area (Å²) < 4.78 is 4.75. The van der Waals surface area contributed by atoms with Gasteiger partial charge in [0, 0.05) is 0 Å². The third-order valence-electron chi connectivity index (χ3n) is 1.94. The van der Waals surface area contributed by atoms with E-state index in [1.807, 2.05) is 0 Å². The van der Waals surface area contributed by atoms with E-state index in [2.05, 4.69) is 33.0 Å². The van der Waals surface area contributed by atoms with Crippen molar-refractivity contribution in [1.82, 2.24) is 5.32 Å². The Hall–Kier alpha value is -0.570. The molecule has 0 heterocycles. The van der Waals surface area contributed by atoms with Crippen molar-refractivity contribution in [2.75, 3.05) is 13.7 Å². The molecule has 0 aliphatic heterocycles. The molecule has 0 saturated carbocycles. The molecule has 3 nitrogen and oxygen atoms in total. The molecule has 0 aromatic rings. The average molecular weight is 201 g/mol. The van der Waals surface area contributed by atoms with Crippen LogP contribution in [0.15, 0.2) is 0 Å². The van der Waals surface area contributed by atoms with E-state index in [1.54, 1.807) is 0 Å². The molecule has 0 saturated heterocycles. The Balaban J connectivity index is 4.18. The maximum Gasteiger partial charge on any atom is 0.322 e. The van der Waals surface area contributed by atoms with Crippen LogP contribution in [0.2, 0.25) is 0 Å². The molecule has 0 spiro atoms. The lowest BCUT2D eigenvalue weighted by Crippen LogP contribution is -2.40. The summed E-state index contributed by atoms with van der Waals surface area (Å²) >= 11 is 0. The average Bonchev–Trinajstić information content (AvgIpc) is 2.09. The SMILES string of the molecule is CCCNC(CC(C)(C)C)C(=O)OC. The zero-order chi connectivity index (χ0) is 11.2. The van der Waals surface area contributed by atoms with Gasteiger partial charge in [-0.05, 0) is 24.8 Å². The highest BCUT2D eigenvalue weighted by Gasteiger charge is 2.24. The first-order valence-electron chi connectivity index (χ1n) is 5.22. The fourth-order valence-corrected chi connectivity index (χ4v) is 1.31. The van der Waals surface area contributed by atoms with Crippen LogP contribution in [0.1, 0.15) is 40.5 Å². The fraction of sp³-hybridized carbons (Fsp3) is 0.909. The molecule has 0 amide bonds. The molecule has 0 bridgehead atoms. The minimum absolute atomic E-state index is 0.138. The number of ether oxygens (including phenoxy) is 1. The van der Waals surface area contributed by atoms with Crippen LogP contribution in [-0.2, 0) is 9.53 Å². The highest BCUT2D eigenvalue weighted by atomic mass is 16.5. The number of hydrogen-bond acceptors (Lipinski definition) is 3. The van der Waals surface area contributed by atoms with Crippen LogP contribution in [0.25, 0.3) is 0 Å². The van der Waals surface area contributed by atoms with E-state index >= 15 is 0 Å². The summed E-state index contributed by atoms with van der Waals surface area (Å²) in [5.74, 6) is -0.159. The molecule has 0 fully saturated rings. The first-order chi connectivity index (χ1) is 6.40. The van der Waals surface area contributed by atoms with E-state index in [0.29, 0.717) is 0 Å². The van der Waals surface area contributed by atoms with Gasteiger partial charge in [0.25, 0.3) is 0 Å². The molecule has 0 aromatic carbocycles. The lowest BCUT2D eigenvalue weighted by Gasteiger charge is -2.24. The molecular weight excluding hydrogens is 178 g/mol. The van der Waals surface area contributed by atoms with Crippen LogP contribution in [0.3, 0.4) is 0 Å². The van der Waals surface area contributed by atoms with Gasteiger partial charge in [-0.15, -0.1) is 0 Å². The topological polar surface area (TPSA) is 38.3 Å². The van der Waals surface area contributed by atoms with Gasteiger partial charge in [-0.25, -0.2) is 0 Å². The number of nitrogens with one attached hydrogen (secondary N) is 1. The van der Waals surface area contributed by atoms with Crippen LogP contribution in [0.4, 0.5) is 0 Å². The van der Waals surface area contributed by atoms with Crippen molar-refractivity contribution in [1.29, 1.82) is 0 Å². The maximum absolute atomic E-state index is 11.4. The summed E-state index contributed by atoms with van der Waals surface area (Å²) in [5.41, 5.74) is 0.138. The van der Waals surface area contributed by atoms with E-state index in [0.717, 1.165) is 19.4 Å². The van der Waals surface area contributed by atoms with E-state index in [1.165, 1.54) is 7.11 Å². The lowest BCUT2D eigenvalue weighted by molar-refractivity contribution is -0.143. The zero-order valence-corrected chi connectivity index (χ0v) is 10.0. The van der Waals surface area contributed by atoms with Gasteiger partial charge in [-0.1, -0.05) is 27.7 Å². The number of esters is 1. The molecule has 0 rings (SSSR count). The molecule has 0 radical (unpaired) electrons. The predicted molar refractivity (Wildman–Crippen MR) is 58.2 cm³/mol. The van der Waals surface area contributed by atoms with Crippen molar-refractivity contribution >= 4 is 5.97 Å². The molecule has 14 heavy (non-hydrogen) atoms. The summed E-state index contributed by atoms with van der Waals surface area (Å²) in [6.45, 7) is 9.30. The van der Waals surface area contributed by atoms with Crippen molar-refractivity contribution < 1.29 is 9.53 Å². The van der Waals surface area contributed by atoms with Crippen molar-refractivity contribution in [3.63, 3.8) is 0 Å². The minimum atomic E-state index is -0.167. The number of rotatable bonds is 5. The van der Waals surface area contributed by atoms with Gasteiger partial charge in [-0.2, -0.15) is 0 Å². The molecule has 0 aromatic heterocycles. The Bertz CT molecular complexity index is 173. The van der Waals surface area contributed by atoms with Gasteiger partial charge in [0.2, 0.25) is 0 Å². The molecule has 0 aliphatic carbocycles. The second kappa shape index (κ2) is 6.02. The Morgan fingerprint density at radius 1 is 1.43 bits per heavy atom. The molecular formula is C11H23NO2. The second-order valence-electron chi connectivity index (χ2n) is 4.79. The van der Waals surface area contributed by atoms with Crippen LogP contribution >= 0.6 is 0 Å². The first-order valence-corrected chi connectivity index (χ1v) is 5.22. The highest BCUT2D eigenvalue weighted by molar-refractivity contribution is 5.75. The third-order valence-corrected chi connectivity index (χ3v) is 1.94. The van der Waals surface area contributed by atoms with Gasteiger partial charge in [-0.3, -0.25) is 4.79 Å². The van der Waals surface area contributed by atoms with Gasteiger partial charge in [0.1, 0.15) is 6.04 Å². The zero-order valence-electron chi connectivity index (χ0n) is 10.0. The van der Waals surface area contributed by atoms with E-state index in [9.17, 15) is 4.79 Å². The standard InChI is InChI=1S/C11H23NO2/c1-6-7-12-9(10(13)14-5)8-11(2,3)4/h9,12H,6-8H2,1-5H3. The number of hydrogen-bond donors (Lipinski definition) is 1. The van der Waals surface area contributed by atoms with Crippen LogP contribution < -0.4 is 5.32 Å². The molecule has 1 unspecified atom stereocenters. The number of carbonyl (C=O) groups is 1. The summed E-state index contributed by atoms with van der Waals surface area (Å²) in [6.07, 6.45) is 1.83. The summed E-state index contributed by atoms with van der Waals surface area (Å²) in [6, 6.07) is -0.167. The fourth-order valence-electron chi connectivity index (χ4n) is 1.31. The largest absolute Gasteiger partial charge is 0.468 e. The van der Waals surface area contributed by atoms with Gasteiger partial charge < -0.3 is 10.1 Å². The van der Waals surface area contributed by atoms with Gasteiger partial charge in [0.15, 0.2) is 0 Å². The number of carbonyl (C=O) groups excluding carboxylic acids is 1. The van der Waals surface area contributed by atoms with Gasteiger partial charge in [0.05, 0.1) is 7.11 Å². The summed E-state index contributed by atoms with van der Waals surface area (Å²) in [4.78, 5) is 11.4. The monoisotopic (exact) mass is 201 g/mol. The van der Waals surface area contributed by atoms with Crippen LogP contribution in [-0.4, -0.2) is 25.7 Å². The van der Waals surface area contributed by atoms with Crippen molar-refractivity contribution in [3.8, 4) is 0 Å². The molecule has 1 atom stereocenters. The second-order valence-corrected chi connectivity index (χ2v) is 4.79. The van der Waals surface area contributed by atoms with Crippen molar-refractivity contribution in [3.05, 3.63) is 0 Å². The smallest absolute Gasteiger partial charge is 0.322 e. The van der Waals surface area contributed by atoms with Gasteiger partial charge >= 0.3 is 5.97 Å². The first kappa shape index (κ1) is 13.4. The summed E-state index contributed by atoms with van der Waals surface area (Å²) in [5, 5.41) is 3.20. The Morgan fingerprint density at radius 2 is 2.00 bits per heavy atom. The van der Waals surface area contributed by atoms with E-state index < -0.39 is 0 Å². The summed E-state index contributed by atoms with van der Waals surface area (Å²) in [7, 11) is 1.44. The Labute approximate surface area is 87.2 Å². The third kappa shape index (κ3) is 5.97. The molecule has 84 valence electrons. The minimum Gasteiger partial charge on any atom is -0.468 e. The lowest BCUT2D eigenvalue weighted by atomic mass is 9.88. The molecule has 3 heteroatoms. The normalized spacial score (nSPS) is 13.8. The predicted octanol–water partition coefficient (Wildman–Crippen LogP) is 1.96. The highest BCUT2D eigenvalue weighted by Crippen LogP contribution is 2.21. The number of methoxy groups -OCH3 is 1. The molecule has 0 aliphatic rings. The molecule has 1 N–H and O–H groups in total. The van der Waals surface area contributed by atoms with E-state index in [4.69, 9.17) is 4.74 Å². The quantitative estimate of drug-likeness (QED) is 0.691. The van der Waals surface area contributed by atoms with Crippen molar-refractivity contribution in [2.45, 2.75) is 46.6 Å². The van der Waals surface area contributed by atoms with Crippen LogP contribution in [0, 0.1) is 5.41 Å². The van der Waals surface area contributed by atoms with Crippen molar-refractivity contribution in [2.24, 2.45) is 5.41 Å². The Kier molecular flexibility index (Phi) is 5.77. The maximum atomic E-state index is 11.4.